The Bertz CT molecular complexity index is 1010. The molecule has 0 aromatic heterocycles. The quantitative estimate of drug-likeness (QED) is 0.753. The number of hydrogen-bond acceptors (Lipinski definition) is 5. The summed E-state index contributed by atoms with van der Waals surface area (Å²) < 4.78 is 59.7. The first kappa shape index (κ1) is 19.8. The van der Waals surface area contributed by atoms with Gasteiger partial charge in [-0.2, -0.15) is 4.31 Å². The van der Waals surface area contributed by atoms with E-state index in [1.807, 2.05) is 0 Å². The standard InChI is InChI=1S/C18H22N2O5S2/c1-25-18-10-3-2-7-15(18)14-19-26(21,22)16-8-6-9-17(13-16)27(23,24)20-11-4-5-12-20/h2-3,6-10,13,19H,4-5,11-12,14H2,1H3. The van der Waals surface area contributed by atoms with Crippen molar-refractivity contribution in [2.45, 2.75) is 29.2 Å². The number of benzene rings is 2. The number of para-hydroxylation sites is 1. The maximum Gasteiger partial charge on any atom is 0.243 e. The van der Waals surface area contributed by atoms with Gasteiger partial charge < -0.3 is 4.74 Å². The second-order valence-corrected chi connectivity index (χ2v) is 9.93. The van der Waals surface area contributed by atoms with Crippen molar-refractivity contribution in [3.8, 4) is 5.75 Å². The monoisotopic (exact) mass is 410 g/mol. The number of sulfonamides is 2. The van der Waals surface area contributed by atoms with E-state index in [9.17, 15) is 16.8 Å². The minimum Gasteiger partial charge on any atom is -0.496 e. The lowest BCUT2D eigenvalue weighted by molar-refractivity contribution is 0.409. The molecule has 0 radical (unpaired) electrons. The van der Waals surface area contributed by atoms with E-state index >= 15 is 0 Å². The Balaban J connectivity index is 1.83. The third-order valence-electron chi connectivity index (χ3n) is 4.46. The van der Waals surface area contributed by atoms with E-state index in [1.165, 1.54) is 35.7 Å². The molecule has 2 aromatic carbocycles. The summed E-state index contributed by atoms with van der Waals surface area (Å²) in [6.07, 6.45) is 1.63. The number of rotatable bonds is 7. The minimum absolute atomic E-state index is 0.00966. The average molecular weight is 411 g/mol. The second-order valence-electron chi connectivity index (χ2n) is 6.22. The molecule has 0 spiro atoms. The summed E-state index contributed by atoms with van der Waals surface area (Å²) in [5.74, 6) is 0.575. The molecule has 0 aliphatic carbocycles. The summed E-state index contributed by atoms with van der Waals surface area (Å²) in [6, 6.07) is 12.5. The first-order chi connectivity index (χ1) is 12.8. The largest absolute Gasteiger partial charge is 0.496 e. The van der Waals surface area contributed by atoms with Crippen molar-refractivity contribution >= 4 is 20.0 Å². The summed E-state index contributed by atoms with van der Waals surface area (Å²) in [5, 5.41) is 0. The molecular weight excluding hydrogens is 388 g/mol. The molecule has 0 atom stereocenters. The topological polar surface area (TPSA) is 92.8 Å². The van der Waals surface area contributed by atoms with Gasteiger partial charge in [0.1, 0.15) is 5.75 Å². The molecule has 1 N–H and O–H groups in total. The van der Waals surface area contributed by atoms with Crippen LogP contribution in [0, 0.1) is 0 Å². The lowest BCUT2D eigenvalue weighted by atomic mass is 10.2. The molecule has 7 nitrogen and oxygen atoms in total. The number of ether oxygens (including phenoxy) is 1. The predicted octanol–water partition coefficient (Wildman–Crippen LogP) is 1.96. The molecule has 146 valence electrons. The highest BCUT2D eigenvalue weighted by molar-refractivity contribution is 7.90. The van der Waals surface area contributed by atoms with Crippen LogP contribution in [-0.2, 0) is 26.6 Å². The van der Waals surface area contributed by atoms with Crippen LogP contribution >= 0.6 is 0 Å². The van der Waals surface area contributed by atoms with E-state index in [1.54, 1.807) is 24.3 Å². The van der Waals surface area contributed by atoms with Crippen LogP contribution in [0.4, 0.5) is 0 Å². The van der Waals surface area contributed by atoms with E-state index in [0.29, 0.717) is 24.4 Å². The maximum absolute atomic E-state index is 12.7. The first-order valence-electron chi connectivity index (χ1n) is 8.56. The van der Waals surface area contributed by atoms with Crippen LogP contribution in [0.1, 0.15) is 18.4 Å². The Labute approximate surface area is 160 Å². The van der Waals surface area contributed by atoms with E-state index in [0.717, 1.165) is 12.8 Å². The molecule has 0 saturated carbocycles. The summed E-state index contributed by atoms with van der Waals surface area (Å²) >= 11 is 0. The fraction of sp³-hybridized carbons (Fsp3) is 0.333. The highest BCUT2D eigenvalue weighted by Crippen LogP contribution is 2.23. The number of methoxy groups -OCH3 is 1. The van der Waals surface area contributed by atoms with Gasteiger partial charge in [0.2, 0.25) is 20.0 Å². The van der Waals surface area contributed by atoms with E-state index in [4.69, 9.17) is 4.74 Å². The van der Waals surface area contributed by atoms with E-state index in [2.05, 4.69) is 4.72 Å². The van der Waals surface area contributed by atoms with Gasteiger partial charge >= 0.3 is 0 Å². The predicted molar refractivity (Wildman–Crippen MR) is 101 cm³/mol. The number of nitrogens with zero attached hydrogens (tertiary/aromatic N) is 1. The Hall–Kier alpha value is -1.94. The molecule has 0 bridgehead atoms. The van der Waals surface area contributed by atoms with Gasteiger partial charge in [-0.25, -0.2) is 21.6 Å². The normalized spacial score (nSPS) is 15.7. The highest BCUT2D eigenvalue weighted by atomic mass is 32.2. The first-order valence-corrected chi connectivity index (χ1v) is 11.5. The van der Waals surface area contributed by atoms with Gasteiger partial charge in [-0.1, -0.05) is 24.3 Å². The molecule has 9 heteroatoms. The fourth-order valence-electron chi connectivity index (χ4n) is 2.98. The van der Waals surface area contributed by atoms with Crippen molar-refractivity contribution < 1.29 is 21.6 Å². The summed E-state index contributed by atoms with van der Waals surface area (Å²) in [7, 11) is -6.04. The lowest BCUT2D eigenvalue weighted by Gasteiger charge is -2.16. The zero-order valence-corrected chi connectivity index (χ0v) is 16.6. The van der Waals surface area contributed by atoms with E-state index < -0.39 is 20.0 Å². The van der Waals surface area contributed by atoms with Crippen molar-refractivity contribution in [3.63, 3.8) is 0 Å². The van der Waals surface area contributed by atoms with E-state index in [-0.39, 0.29) is 16.3 Å². The maximum atomic E-state index is 12.7. The molecular formula is C18H22N2O5S2. The Morgan fingerprint density at radius 3 is 2.33 bits per heavy atom. The second kappa shape index (κ2) is 7.97. The van der Waals surface area contributed by atoms with Gasteiger partial charge in [-0.3, -0.25) is 0 Å². The van der Waals surface area contributed by atoms with Crippen molar-refractivity contribution in [2.24, 2.45) is 0 Å². The fourth-order valence-corrected chi connectivity index (χ4v) is 5.67. The lowest BCUT2D eigenvalue weighted by Crippen LogP contribution is -2.28. The molecule has 2 aromatic rings. The molecule has 0 unspecified atom stereocenters. The van der Waals surface area contributed by atoms with Crippen molar-refractivity contribution in [1.82, 2.24) is 9.03 Å². The zero-order valence-electron chi connectivity index (χ0n) is 15.0. The molecule has 1 aliphatic rings. The summed E-state index contributed by atoms with van der Waals surface area (Å²) in [6.45, 7) is 0.964. The SMILES string of the molecule is COc1ccccc1CNS(=O)(=O)c1cccc(S(=O)(=O)N2CCCC2)c1. The van der Waals surface area contributed by atoms with Crippen LogP contribution in [0.15, 0.2) is 58.3 Å². The third-order valence-corrected chi connectivity index (χ3v) is 7.76. The van der Waals surface area contributed by atoms with Gasteiger partial charge in [-0.15, -0.1) is 0 Å². The van der Waals surface area contributed by atoms with Gasteiger partial charge in [0.05, 0.1) is 16.9 Å². The Morgan fingerprint density at radius 2 is 1.63 bits per heavy atom. The highest BCUT2D eigenvalue weighted by Gasteiger charge is 2.28. The molecule has 3 rings (SSSR count). The van der Waals surface area contributed by atoms with Crippen LogP contribution in [0.3, 0.4) is 0 Å². The van der Waals surface area contributed by atoms with Crippen LogP contribution in [0.25, 0.3) is 0 Å². The molecule has 27 heavy (non-hydrogen) atoms. The van der Waals surface area contributed by atoms with Gasteiger partial charge in [0.15, 0.2) is 0 Å². The van der Waals surface area contributed by atoms with Crippen molar-refractivity contribution in [3.05, 3.63) is 54.1 Å². The van der Waals surface area contributed by atoms with Crippen LogP contribution in [0.2, 0.25) is 0 Å². The van der Waals surface area contributed by atoms with Crippen LogP contribution in [0.5, 0.6) is 5.75 Å². The van der Waals surface area contributed by atoms with Crippen molar-refractivity contribution in [2.75, 3.05) is 20.2 Å². The van der Waals surface area contributed by atoms with Crippen molar-refractivity contribution in [1.29, 1.82) is 0 Å². The molecule has 1 aliphatic heterocycles. The van der Waals surface area contributed by atoms with Gasteiger partial charge in [0, 0.05) is 25.2 Å². The Morgan fingerprint density at radius 1 is 0.963 bits per heavy atom. The smallest absolute Gasteiger partial charge is 0.243 e. The van der Waals surface area contributed by atoms with Gasteiger partial charge in [0.25, 0.3) is 0 Å². The number of nitrogens with one attached hydrogen (secondary N) is 1. The molecule has 0 amide bonds. The van der Waals surface area contributed by atoms with Crippen LogP contribution < -0.4 is 9.46 Å². The average Bonchev–Trinajstić information content (AvgIpc) is 3.22. The summed E-state index contributed by atoms with van der Waals surface area (Å²) in [5.41, 5.74) is 0.685. The molecule has 1 fully saturated rings. The zero-order chi connectivity index (χ0) is 19.5. The molecule has 1 saturated heterocycles. The third kappa shape index (κ3) is 4.32. The number of hydrogen-bond donors (Lipinski definition) is 1. The Kier molecular flexibility index (Phi) is 5.85. The van der Waals surface area contributed by atoms with Crippen LogP contribution in [-0.4, -0.2) is 41.3 Å². The summed E-state index contributed by atoms with van der Waals surface area (Å²) in [4.78, 5) is -0.0952. The minimum atomic E-state index is -3.88. The molecule has 1 heterocycles. The van der Waals surface area contributed by atoms with Gasteiger partial charge in [-0.05, 0) is 37.1 Å².